The summed E-state index contributed by atoms with van der Waals surface area (Å²) in [5, 5.41) is 0. The molecule has 2 fully saturated rings. The van der Waals surface area contributed by atoms with Crippen LogP contribution >= 0.6 is 0 Å². The van der Waals surface area contributed by atoms with Gasteiger partial charge in [0.2, 0.25) is 5.91 Å². The Kier molecular flexibility index (Phi) is 6.85. The lowest BCUT2D eigenvalue weighted by atomic mass is 9.98. The van der Waals surface area contributed by atoms with Crippen LogP contribution in [0.4, 0.5) is 4.39 Å². The first-order valence-electron chi connectivity index (χ1n) is 11.1. The maximum Gasteiger partial charge on any atom is 0.253 e. The highest BCUT2D eigenvalue weighted by molar-refractivity contribution is 5.94. The van der Waals surface area contributed by atoms with Crippen molar-refractivity contribution in [1.29, 1.82) is 0 Å². The van der Waals surface area contributed by atoms with Crippen LogP contribution in [0.5, 0.6) is 5.75 Å². The van der Waals surface area contributed by atoms with E-state index < -0.39 is 0 Å². The van der Waals surface area contributed by atoms with Crippen LogP contribution in [0.2, 0.25) is 0 Å². The molecule has 0 spiro atoms. The SMILES string of the molecule is O=C(Cc1cccc(F)c1)N1CCC[C@H](COc2cccc(C(=O)N3CCCC3)c2)C1. The molecule has 0 N–H and O–H groups in total. The molecule has 31 heavy (non-hydrogen) atoms. The quantitative estimate of drug-likeness (QED) is 0.706. The van der Waals surface area contributed by atoms with Crippen LogP contribution in [0.25, 0.3) is 0 Å². The summed E-state index contributed by atoms with van der Waals surface area (Å²) >= 11 is 0. The predicted molar refractivity (Wildman–Crippen MR) is 116 cm³/mol. The highest BCUT2D eigenvalue weighted by Gasteiger charge is 2.25. The number of carbonyl (C=O) groups excluding carboxylic acids is 2. The van der Waals surface area contributed by atoms with Crippen molar-refractivity contribution < 1.29 is 18.7 Å². The molecule has 2 heterocycles. The lowest BCUT2D eigenvalue weighted by Crippen LogP contribution is -2.42. The predicted octanol–water partition coefficient (Wildman–Crippen LogP) is 3.92. The van der Waals surface area contributed by atoms with Crippen LogP contribution in [0, 0.1) is 11.7 Å². The van der Waals surface area contributed by atoms with Crippen LogP contribution in [-0.4, -0.2) is 54.4 Å². The minimum absolute atomic E-state index is 0.0218. The van der Waals surface area contributed by atoms with Gasteiger partial charge in [0.25, 0.3) is 5.91 Å². The van der Waals surface area contributed by atoms with Gasteiger partial charge in [-0.25, -0.2) is 4.39 Å². The zero-order valence-electron chi connectivity index (χ0n) is 17.8. The highest BCUT2D eigenvalue weighted by atomic mass is 19.1. The van der Waals surface area contributed by atoms with Gasteiger partial charge in [0, 0.05) is 37.7 Å². The fraction of sp³-hybridized carbons (Fsp3) is 0.440. The standard InChI is InChI=1S/C25H29FN2O3/c26-22-9-3-6-19(14-22)15-24(29)28-13-5-7-20(17-28)18-31-23-10-4-8-21(16-23)25(30)27-11-1-2-12-27/h3-4,6,8-10,14,16,20H,1-2,5,7,11-13,15,17-18H2/t20-/m0/s1. The fourth-order valence-corrected chi connectivity index (χ4v) is 4.40. The molecule has 2 aromatic carbocycles. The molecule has 2 aliphatic heterocycles. The van der Waals surface area contributed by atoms with E-state index in [0.29, 0.717) is 30.0 Å². The number of hydrogen-bond acceptors (Lipinski definition) is 3. The van der Waals surface area contributed by atoms with Gasteiger partial charge in [0.05, 0.1) is 13.0 Å². The first-order chi connectivity index (χ1) is 15.1. The zero-order valence-corrected chi connectivity index (χ0v) is 17.8. The van der Waals surface area contributed by atoms with E-state index in [2.05, 4.69) is 0 Å². The number of likely N-dealkylation sites (tertiary alicyclic amines) is 2. The number of piperidine rings is 1. The normalized spacial score (nSPS) is 18.8. The zero-order chi connectivity index (χ0) is 21.6. The van der Waals surface area contributed by atoms with Crippen molar-refractivity contribution in [3.8, 4) is 5.75 Å². The molecule has 2 aromatic rings. The van der Waals surface area contributed by atoms with Gasteiger partial charge in [0.15, 0.2) is 0 Å². The molecular formula is C25H29FN2O3. The average molecular weight is 425 g/mol. The second kappa shape index (κ2) is 9.94. The minimum atomic E-state index is -0.319. The fourth-order valence-electron chi connectivity index (χ4n) is 4.40. The molecule has 0 saturated carbocycles. The molecule has 6 heteroatoms. The van der Waals surface area contributed by atoms with E-state index in [0.717, 1.165) is 45.3 Å². The van der Waals surface area contributed by atoms with Gasteiger partial charge in [-0.3, -0.25) is 9.59 Å². The number of ether oxygens (including phenoxy) is 1. The van der Waals surface area contributed by atoms with Gasteiger partial charge < -0.3 is 14.5 Å². The summed E-state index contributed by atoms with van der Waals surface area (Å²) in [6.45, 7) is 3.52. The van der Waals surface area contributed by atoms with E-state index in [9.17, 15) is 14.0 Å². The Morgan fingerprint density at radius 3 is 2.55 bits per heavy atom. The molecule has 164 valence electrons. The van der Waals surface area contributed by atoms with E-state index in [-0.39, 0.29) is 30.0 Å². The van der Waals surface area contributed by atoms with Crippen LogP contribution in [-0.2, 0) is 11.2 Å². The number of benzene rings is 2. The van der Waals surface area contributed by atoms with Gasteiger partial charge >= 0.3 is 0 Å². The Morgan fingerprint density at radius 2 is 1.74 bits per heavy atom. The van der Waals surface area contributed by atoms with Crippen molar-refractivity contribution in [2.45, 2.75) is 32.1 Å². The first-order valence-corrected chi connectivity index (χ1v) is 11.1. The number of rotatable bonds is 6. The van der Waals surface area contributed by atoms with Gasteiger partial charge in [0.1, 0.15) is 11.6 Å². The molecule has 1 atom stereocenters. The number of carbonyl (C=O) groups is 2. The molecule has 0 unspecified atom stereocenters. The smallest absolute Gasteiger partial charge is 0.253 e. The van der Waals surface area contributed by atoms with Crippen LogP contribution in [0.15, 0.2) is 48.5 Å². The summed E-state index contributed by atoms with van der Waals surface area (Å²) in [7, 11) is 0. The van der Waals surface area contributed by atoms with Crippen LogP contribution < -0.4 is 4.74 Å². The summed E-state index contributed by atoms with van der Waals surface area (Å²) in [4.78, 5) is 29.0. The topological polar surface area (TPSA) is 49.9 Å². The summed E-state index contributed by atoms with van der Waals surface area (Å²) < 4.78 is 19.4. The number of halogens is 1. The summed E-state index contributed by atoms with van der Waals surface area (Å²) in [5.41, 5.74) is 1.36. The third-order valence-electron chi connectivity index (χ3n) is 6.08. The minimum Gasteiger partial charge on any atom is -0.493 e. The Labute approximate surface area is 182 Å². The molecular weight excluding hydrogens is 395 g/mol. The van der Waals surface area contributed by atoms with Crippen molar-refractivity contribution in [3.05, 3.63) is 65.5 Å². The van der Waals surface area contributed by atoms with E-state index in [1.165, 1.54) is 12.1 Å². The molecule has 0 aromatic heterocycles. The molecule has 2 amide bonds. The lowest BCUT2D eigenvalue weighted by molar-refractivity contribution is -0.132. The van der Waals surface area contributed by atoms with E-state index in [4.69, 9.17) is 4.74 Å². The van der Waals surface area contributed by atoms with Gasteiger partial charge in [-0.2, -0.15) is 0 Å². The molecule has 0 aliphatic carbocycles. The number of hydrogen-bond donors (Lipinski definition) is 0. The summed E-state index contributed by atoms with van der Waals surface area (Å²) in [6.07, 6.45) is 4.27. The molecule has 2 aliphatic rings. The molecule has 4 rings (SSSR count). The maximum atomic E-state index is 13.4. The van der Waals surface area contributed by atoms with Crippen molar-refractivity contribution in [1.82, 2.24) is 9.80 Å². The molecule has 0 radical (unpaired) electrons. The van der Waals surface area contributed by atoms with Gasteiger partial charge in [-0.15, -0.1) is 0 Å². The summed E-state index contributed by atoms with van der Waals surface area (Å²) in [6, 6.07) is 13.6. The van der Waals surface area contributed by atoms with Crippen LogP contribution in [0.3, 0.4) is 0 Å². The van der Waals surface area contributed by atoms with E-state index in [1.54, 1.807) is 12.1 Å². The highest BCUT2D eigenvalue weighted by Crippen LogP contribution is 2.22. The Morgan fingerprint density at radius 1 is 0.968 bits per heavy atom. The van der Waals surface area contributed by atoms with E-state index >= 15 is 0 Å². The van der Waals surface area contributed by atoms with Crippen molar-refractivity contribution in [2.75, 3.05) is 32.8 Å². The van der Waals surface area contributed by atoms with Gasteiger partial charge in [-0.1, -0.05) is 18.2 Å². The Hall–Kier alpha value is -2.89. The Balaban J connectivity index is 1.30. The Bertz CT molecular complexity index is 926. The third kappa shape index (κ3) is 5.63. The van der Waals surface area contributed by atoms with E-state index in [1.807, 2.05) is 34.1 Å². The average Bonchev–Trinajstić information content (AvgIpc) is 3.33. The van der Waals surface area contributed by atoms with Crippen molar-refractivity contribution in [2.24, 2.45) is 5.92 Å². The number of nitrogens with zero attached hydrogens (tertiary/aromatic N) is 2. The lowest BCUT2D eigenvalue weighted by Gasteiger charge is -2.32. The maximum absolute atomic E-state index is 13.4. The number of amides is 2. The largest absolute Gasteiger partial charge is 0.493 e. The monoisotopic (exact) mass is 424 g/mol. The summed E-state index contributed by atoms with van der Waals surface area (Å²) in [5.74, 6) is 0.695. The first kappa shape index (κ1) is 21.3. The second-order valence-electron chi connectivity index (χ2n) is 8.49. The van der Waals surface area contributed by atoms with Crippen molar-refractivity contribution in [3.63, 3.8) is 0 Å². The molecule has 5 nitrogen and oxygen atoms in total. The van der Waals surface area contributed by atoms with Crippen molar-refractivity contribution >= 4 is 11.8 Å². The van der Waals surface area contributed by atoms with Gasteiger partial charge in [-0.05, 0) is 61.6 Å². The third-order valence-corrected chi connectivity index (χ3v) is 6.08. The molecule has 2 saturated heterocycles. The molecule has 0 bridgehead atoms. The second-order valence-corrected chi connectivity index (χ2v) is 8.49. The van der Waals surface area contributed by atoms with Crippen LogP contribution in [0.1, 0.15) is 41.6 Å².